The second kappa shape index (κ2) is 7.45. The van der Waals surface area contributed by atoms with E-state index in [1.165, 1.54) is 0 Å². The second-order valence-electron chi connectivity index (χ2n) is 5.71. The van der Waals surface area contributed by atoms with E-state index in [9.17, 15) is 4.79 Å². The highest BCUT2D eigenvalue weighted by molar-refractivity contribution is 5.76. The Morgan fingerprint density at radius 1 is 1.19 bits per heavy atom. The van der Waals surface area contributed by atoms with E-state index in [-0.39, 0.29) is 5.56 Å². The molecule has 4 heterocycles. The van der Waals surface area contributed by atoms with Crippen LogP contribution in [0.1, 0.15) is 19.4 Å². The van der Waals surface area contributed by atoms with Gasteiger partial charge in [0.25, 0.3) is 5.56 Å². The number of methoxy groups -OCH3 is 1. The smallest absolute Gasteiger partial charge is 0.275 e. The standard InChI is InChI=1S/C17H16N6O2.C2H6/c1-10-12(11-4-5-18-13(8-11)25-3)9-23-14(10)17(24)20-15(21-23)16-19-6-7-22(16)2;1-2/h4-9H,1-3H3,(H,20,21,24);1-2H3. The molecule has 0 spiro atoms. The molecular weight excluding hydrogens is 344 g/mol. The summed E-state index contributed by atoms with van der Waals surface area (Å²) in [6.45, 7) is 5.90. The highest BCUT2D eigenvalue weighted by Gasteiger charge is 2.16. The van der Waals surface area contributed by atoms with Gasteiger partial charge >= 0.3 is 0 Å². The molecule has 27 heavy (non-hydrogen) atoms. The normalized spacial score (nSPS) is 10.6. The number of rotatable bonds is 3. The maximum absolute atomic E-state index is 12.6. The molecule has 8 nitrogen and oxygen atoms in total. The van der Waals surface area contributed by atoms with Crippen molar-refractivity contribution in [2.75, 3.05) is 7.11 Å². The molecular formula is C19H22N6O2. The zero-order valence-corrected chi connectivity index (χ0v) is 16.0. The first-order chi connectivity index (χ1) is 13.1. The van der Waals surface area contributed by atoms with Crippen LogP contribution in [0.25, 0.3) is 28.3 Å². The van der Waals surface area contributed by atoms with Crippen molar-refractivity contribution in [2.45, 2.75) is 20.8 Å². The van der Waals surface area contributed by atoms with Gasteiger partial charge in [0, 0.05) is 43.5 Å². The van der Waals surface area contributed by atoms with Crippen LogP contribution < -0.4 is 10.3 Å². The lowest BCUT2D eigenvalue weighted by Crippen LogP contribution is -2.15. The predicted molar refractivity (Wildman–Crippen MR) is 104 cm³/mol. The molecule has 0 aliphatic heterocycles. The lowest BCUT2D eigenvalue weighted by molar-refractivity contribution is 0.398. The maximum Gasteiger partial charge on any atom is 0.275 e. The Morgan fingerprint density at radius 2 is 1.96 bits per heavy atom. The Hall–Kier alpha value is -3.42. The molecule has 4 aromatic rings. The summed E-state index contributed by atoms with van der Waals surface area (Å²) in [7, 11) is 3.42. The number of pyridine rings is 1. The third-order valence-electron chi connectivity index (χ3n) is 4.18. The van der Waals surface area contributed by atoms with Crippen LogP contribution in [0.2, 0.25) is 0 Å². The van der Waals surface area contributed by atoms with Crippen molar-refractivity contribution in [1.82, 2.24) is 29.1 Å². The van der Waals surface area contributed by atoms with Gasteiger partial charge in [-0.1, -0.05) is 13.8 Å². The molecule has 0 radical (unpaired) electrons. The van der Waals surface area contributed by atoms with Gasteiger partial charge in [-0.05, 0) is 24.1 Å². The first-order valence-electron chi connectivity index (χ1n) is 8.69. The van der Waals surface area contributed by atoms with Crippen molar-refractivity contribution in [3.63, 3.8) is 0 Å². The third-order valence-corrected chi connectivity index (χ3v) is 4.18. The molecule has 0 atom stereocenters. The van der Waals surface area contributed by atoms with Crippen LogP contribution in [-0.2, 0) is 7.05 Å². The summed E-state index contributed by atoms with van der Waals surface area (Å²) in [5, 5.41) is 4.52. The fourth-order valence-electron chi connectivity index (χ4n) is 2.91. The summed E-state index contributed by atoms with van der Waals surface area (Å²) in [5.74, 6) is 1.53. The van der Waals surface area contributed by atoms with Gasteiger partial charge in [0.1, 0.15) is 5.52 Å². The average molecular weight is 366 g/mol. The van der Waals surface area contributed by atoms with Gasteiger partial charge in [0.15, 0.2) is 11.6 Å². The largest absolute Gasteiger partial charge is 0.481 e. The van der Waals surface area contributed by atoms with Crippen LogP contribution in [0.3, 0.4) is 0 Å². The highest BCUT2D eigenvalue weighted by atomic mass is 16.5. The van der Waals surface area contributed by atoms with Gasteiger partial charge in [0.2, 0.25) is 5.88 Å². The molecule has 1 N–H and O–H groups in total. The predicted octanol–water partition coefficient (Wildman–Crippen LogP) is 2.83. The Bertz CT molecular complexity index is 1140. The van der Waals surface area contributed by atoms with E-state index in [4.69, 9.17) is 4.74 Å². The SMILES string of the molecule is CC.COc1cc(-c2cn3nc(-c4nccn4C)[nH]c(=O)c3c2C)ccn1. The number of fused-ring (bicyclic) bond motifs is 1. The number of hydrogen-bond acceptors (Lipinski definition) is 5. The van der Waals surface area contributed by atoms with Gasteiger partial charge in [-0.15, -0.1) is 5.10 Å². The minimum absolute atomic E-state index is 0.210. The minimum Gasteiger partial charge on any atom is -0.481 e. The van der Waals surface area contributed by atoms with Gasteiger partial charge in [-0.3, -0.25) is 4.79 Å². The number of ether oxygens (including phenoxy) is 1. The molecule has 4 aromatic heterocycles. The van der Waals surface area contributed by atoms with E-state index in [0.29, 0.717) is 23.0 Å². The molecule has 0 saturated heterocycles. The zero-order valence-electron chi connectivity index (χ0n) is 16.0. The van der Waals surface area contributed by atoms with E-state index >= 15 is 0 Å². The Morgan fingerprint density at radius 3 is 2.63 bits per heavy atom. The van der Waals surface area contributed by atoms with Crippen molar-refractivity contribution in [1.29, 1.82) is 0 Å². The molecule has 0 amide bonds. The van der Waals surface area contributed by atoms with Crippen LogP contribution in [-0.4, -0.2) is 36.2 Å². The van der Waals surface area contributed by atoms with Crippen LogP contribution in [0.4, 0.5) is 0 Å². The van der Waals surface area contributed by atoms with E-state index in [0.717, 1.165) is 16.7 Å². The fourth-order valence-corrected chi connectivity index (χ4v) is 2.91. The summed E-state index contributed by atoms with van der Waals surface area (Å²) in [5.41, 5.74) is 2.94. The average Bonchev–Trinajstić information content (AvgIpc) is 3.27. The van der Waals surface area contributed by atoms with Crippen LogP contribution >= 0.6 is 0 Å². The van der Waals surface area contributed by atoms with Gasteiger partial charge in [-0.25, -0.2) is 14.5 Å². The van der Waals surface area contributed by atoms with Crippen molar-refractivity contribution in [3.05, 3.63) is 52.8 Å². The van der Waals surface area contributed by atoms with E-state index in [2.05, 4.69) is 20.1 Å². The molecule has 0 aliphatic rings. The highest BCUT2D eigenvalue weighted by Crippen LogP contribution is 2.28. The Labute approximate surface area is 156 Å². The molecule has 0 saturated carbocycles. The lowest BCUT2D eigenvalue weighted by Gasteiger charge is -2.02. The summed E-state index contributed by atoms with van der Waals surface area (Å²) in [6.07, 6.45) is 6.97. The lowest BCUT2D eigenvalue weighted by atomic mass is 10.1. The topological polar surface area (TPSA) is 90.1 Å². The number of nitrogens with zero attached hydrogens (tertiary/aromatic N) is 5. The molecule has 0 aliphatic carbocycles. The minimum atomic E-state index is -0.210. The molecule has 8 heteroatoms. The number of H-pyrrole nitrogens is 1. The second-order valence-corrected chi connectivity index (χ2v) is 5.71. The Kier molecular flexibility index (Phi) is 5.07. The summed E-state index contributed by atoms with van der Waals surface area (Å²) in [6, 6.07) is 3.70. The number of nitrogens with one attached hydrogen (secondary N) is 1. The van der Waals surface area contributed by atoms with Crippen LogP contribution in [0.15, 0.2) is 41.7 Å². The maximum atomic E-state index is 12.6. The van der Waals surface area contributed by atoms with Gasteiger partial charge < -0.3 is 14.3 Å². The molecule has 0 unspecified atom stereocenters. The number of aromatic amines is 1. The van der Waals surface area contributed by atoms with Crippen LogP contribution in [0.5, 0.6) is 5.88 Å². The zero-order chi connectivity index (χ0) is 19.6. The quantitative estimate of drug-likeness (QED) is 0.602. The van der Waals surface area contributed by atoms with E-state index < -0.39 is 0 Å². The van der Waals surface area contributed by atoms with Crippen molar-refractivity contribution in [2.24, 2.45) is 7.05 Å². The molecule has 0 aromatic carbocycles. The summed E-state index contributed by atoms with van der Waals surface area (Å²) < 4.78 is 8.58. The molecule has 0 fully saturated rings. The number of aromatic nitrogens is 6. The van der Waals surface area contributed by atoms with Gasteiger partial charge in [0.05, 0.1) is 7.11 Å². The first kappa shape index (κ1) is 18.4. The molecule has 4 rings (SSSR count). The fraction of sp³-hybridized carbons (Fsp3) is 0.263. The van der Waals surface area contributed by atoms with Crippen LogP contribution in [0, 0.1) is 6.92 Å². The van der Waals surface area contributed by atoms with E-state index in [1.54, 1.807) is 34.8 Å². The van der Waals surface area contributed by atoms with E-state index in [1.807, 2.05) is 46.1 Å². The Balaban J connectivity index is 0.00000102. The van der Waals surface area contributed by atoms with Gasteiger partial charge in [-0.2, -0.15) is 0 Å². The van der Waals surface area contributed by atoms with Crippen molar-refractivity contribution in [3.8, 4) is 28.7 Å². The van der Waals surface area contributed by atoms with Crippen molar-refractivity contribution >= 4 is 5.52 Å². The first-order valence-corrected chi connectivity index (χ1v) is 8.69. The number of imidazole rings is 1. The summed E-state index contributed by atoms with van der Waals surface area (Å²) >= 11 is 0. The third kappa shape index (κ3) is 3.21. The molecule has 140 valence electrons. The number of aryl methyl sites for hydroxylation is 2. The monoisotopic (exact) mass is 366 g/mol. The number of hydrogen-bond donors (Lipinski definition) is 1. The summed E-state index contributed by atoms with van der Waals surface area (Å²) in [4.78, 5) is 23.8. The van der Waals surface area contributed by atoms with Crippen molar-refractivity contribution < 1.29 is 4.74 Å². The molecule has 0 bridgehead atoms.